The first-order valence-electron chi connectivity index (χ1n) is 9.10. The zero-order valence-corrected chi connectivity index (χ0v) is 15.8. The number of aryl methyl sites for hydroxylation is 1. The minimum absolute atomic E-state index is 0.0875. The van der Waals surface area contributed by atoms with E-state index in [1.54, 1.807) is 13.2 Å². The zero-order valence-electron chi connectivity index (χ0n) is 15.8. The van der Waals surface area contributed by atoms with Gasteiger partial charge in [0.1, 0.15) is 11.4 Å². The fraction of sp³-hybridized carbons (Fsp3) is 0.130. The number of pyridine rings is 1. The molecule has 2 N–H and O–H groups in total. The number of hydrogen-bond donors (Lipinski definition) is 2. The number of hydrogen-bond acceptors (Lipinski definition) is 3. The molecule has 0 bridgehead atoms. The average Bonchev–Trinajstić information content (AvgIpc) is 3.10. The van der Waals surface area contributed by atoms with Gasteiger partial charge in [-0.3, -0.25) is 4.79 Å². The van der Waals surface area contributed by atoms with Crippen molar-refractivity contribution in [3.8, 4) is 16.9 Å². The van der Waals surface area contributed by atoms with Crippen LogP contribution < -0.4 is 10.1 Å². The number of methoxy groups -OCH3 is 1. The van der Waals surface area contributed by atoms with Crippen molar-refractivity contribution in [3.05, 3.63) is 78.1 Å². The van der Waals surface area contributed by atoms with E-state index in [9.17, 15) is 4.79 Å². The van der Waals surface area contributed by atoms with Crippen molar-refractivity contribution in [2.45, 2.75) is 13.3 Å². The largest absolute Gasteiger partial charge is 0.497 e. The molecular formula is C23H21N3O2. The third-order valence-electron chi connectivity index (χ3n) is 4.78. The van der Waals surface area contributed by atoms with Crippen molar-refractivity contribution >= 4 is 22.6 Å². The van der Waals surface area contributed by atoms with Gasteiger partial charge in [-0.1, -0.05) is 30.3 Å². The van der Waals surface area contributed by atoms with Crippen LogP contribution in [0.2, 0.25) is 0 Å². The monoisotopic (exact) mass is 371 g/mol. The van der Waals surface area contributed by atoms with E-state index in [2.05, 4.69) is 40.4 Å². The maximum absolute atomic E-state index is 12.5. The number of rotatable bonds is 5. The summed E-state index contributed by atoms with van der Waals surface area (Å²) >= 11 is 0. The van der Waals surface area contributed by atoms with Crippen LogP contribution in [0.25, 0.3) is 22.2 Å². The molecule has 28 heavy (non-hydrogen) atoms. The number of benzene rings is 2. The maximum atomic E-state index is 12.5. The Balaban J connectivity index is 1.59. The van der Waals surface area contributed by atoms with Crippen LogP contribution in [0.3, 0.4) is 0 Å². The highest BCUT2D eigenvalue weighted by atomic mass is 16.5. The Morgan fingerprint density at radius 1 is 1.14 bits per heavy atom. The van der Waals surface area contributed by atoms with Gasteiger partial charge in [0.15, 0.2) is 0 Å². The summed E-state index contributed by atoms with van der Waals surface area (Å²) in [5.74, 6) is 0.618. The minimum atomic E-state index is -0.0875. The normalized spacial score (nSPS) is 10.8. The molecule has 0 radical (unpaired) electrons. The van der Waals surface area contributed by atoms with Crippen molar-refractivity contribution in [1.29, 1.82) is 0 Å². The van der Waals surface area contributed by atoms with Crippen LogP contribution in [0.15, 0.2) is 67.0 Å². The number of H-pyrrole nitrogens is 1. The van der Waals surface area contributed by atoms with E-state index in [0.717, 1.165) is 27.7 Å². The van der Waals surface area contributed by atoms with Gasteiger partial charge in [0.25, 0.3) is 0 Å². The van der Waals surface area contributed by atoms with E-state index in [4.69, 9.17) is 4.74 Å². The molecule has 0 saturated carbocycles. The number of anilines is 1. The lowest BCUT2D eigenvalue weighted by atomic mass is 10.0. The van der Waals surface area contributed by atoms with Gasteiger partial charge in [0.2, 0.25) is 5.91 Å². The van der Waals surface area contributed by atoms with Gasteiger partial charge >= 0.3 is 0 Å². The van der Waals surface area contributed by atoms with Crippen molar-refractivity contribution in [2.24, 2.45) is 0 Å². The molecule has 0 unspecified atom stereocenters. The zero-order chi connectivity index (χ0) is 19.5. The quantitative estimate of drug-likeness (QED) is 0.533. The molecule has 2 aromatic carbocycles. The molecule has 2 heterocycles. The van der Waals surface area contributed by atoms with Crippen LogP contribution in [0.5, 0.6) is 5.75 Å². The fourth-order valence-corrected chi connectivity index (χ4v) is 3.33. The van der Waals surface area contributed by atoms with Gasteiger partial charge in [-0.15, -0.1) is 0 Å². The average molecular weight is 371 g/mol. The summed E-state index contributed by atoms with van der Waals surface area (Å²) in [5, 5.41) is 3.88. The molecule has 2 aromatic heterocycles. The summed E-state index contributed by atoms with van der Waals surface area (Å²) in [6, 6.07) is 17.6. The van der Waals surface area contributed by atoms with Crippen molar-refractivity contribution in [1.82, 2.24) is 9.97 Å². The fourth-order valence-electron chi connectivity index (χ4n) is 3.33. The topological polar surface area (TPSA) is 67.0 Å². The molecule has 0 aliphatic carbocycles. The molecule has 140 valence electrons. The van der Waals surface area contributed by atoms with Gasteiger partial charge in [0.05, 0.1) is 13.5 Å². The van der Waals surface area contributed by atoms with Crippen LogP contribution in [-0.2, 0) is 11.2 Å². The number of nitrogens with one attached hydrogen (secondary N) is 2. The number of amides is 1. The second-order valence-corrected chi connectivity index (χ2v) is 6.71. The van der Waals surface area contributed by atoms with Crippen LogP contribution >= 0.6 is 0 Å². The van der Waals surface area contributed by atoms with Crippen LogP contribution in [0.4, 0.5) is 5.69 Å². The molecule has 0 spiro atoms. The molecule has 4 rings (SSSR count). The smallest absolute Gasteiger partial charge is 0.228 e. The molecule has 0 aliphatic rings. The highest BCUT2D eigenvalue weighted by Gasteiger charge is 2.12. The number of ether oxygens (including phenoxy) is 1. The minimum Gasteiger partial charge on any atom is -0.497 e. The first kappa shape index (κ1) is 17.8. The highest BCUT2D eigenvalue weighted by Crippen LogP contribution is 2.27. The lowest BCUT2D eigenvalue weighted by molar-refractivity contribution is -0.115. The van der Waals surface area contributed by atoms with Crippen LogP contribution in [-0.4, -0.2) is 23.0 Å². The van der Waals surface area contributed by atoms with Gasteiger partial charge < -0.3 is 15.0 Å². The molecule has 5 heteroatoms. The van der Waals surface area contributed by atoms with E-state index in [-0.39, 0.29) is 12.3 Å². The molecule has 0 atom stereocenters. The Hall–Kier alpha value is -3.60. The maximum Gasteiger partial charge on any atom is 0.228 e. The molecule has 4 aromatic rings. The lowest BCUT2D eigenvalue weighted by Gasteiger charge is -2.08. The molecule has 5 nitrogen and oxygen atoms in total. The third-order valence-corrected chi connectivity index (χ3v) is 4.78. The number of aromatic amines is 1. The summed E-state index contributed by atoms with van der Waals surface area (Å²) < 4.78 is 5.20. The van der Waals surface area contributed by atoms with E-state index in [0.29, 0.717) is 11.4 Å². The van der Waals surface area contributed by atoms with Gasteiger partial charge in [-0.2, -0.15) is 0 Å². The van der Waals surface area contributed by atoms with Gasteiger partial charge in [-0.05, 0) is 41.8 Å². The summed E-state index contributed by atoms with van der Waals surface area (Å²) in [6.07, 6.45) is 3.97. The van der Waals surface area contributed by atoms with Crippen LogP contribution in [0.1, 0.15) is 11.1 Å². The van der Waals surface area contributed by atoms with Crippen molar-refractivity contribution < 1.29 is 9.53 Å². The molecule has 0 aliphatic heterocycles. The Kier molecular flexibility index (Phi) is 4.81. The van der Waals surface area contributed by atoms with E-state index in [1.807, 2.05) is 42.7 Å². The predicted octanol–water partition coefficient (Wildman–Crippen LogP) is 4.73. The van der Waals surface area contributed by atoms with Gasteiger partial charge in [-0.25, -0.2) is 4.98 Å². The Morgan fingerprint density at radius 3 is 2.82 bits per heavy atom. The van der Waals surface area contributed by atoms with Crippen molar-refractivity contribution in [2.75, 3.05) is 12.4 Å². The van der Waals surface area contributed by atoms with Crippen molar-refractivity contribution in [3.63, 3.8) is 0 Å². The SMILES string of the molecule is COc1cccc(NC(=O)Cc2c[nH]c3ncc(-c4ccccc4C)cc23)c1. The predicted molar refractivity (Wildman–Crippen MR) is 112 cm³/mol. The first-order valence-corrected chi connectivity index (χ1v) is 9.10. The second kappa shape index (κ2) is 7.56. The number of carbonyl (C=O) groups excluding carboxylic acids is 1. The molecular weight excluding hydrogens is 350 g/mol. The number of fused-ring (bicyclic) bond motifs is 1. The Bertz CT molecular complexity index is 1150. The lowest BCUT2D eigenvalue weighted by Crippen LogP contribution is -2.14. The van der Waals surface area contributed by atoms with E-state index >= 15 is 0 Å². The summed E-state index contributed by atoms with van der Waals surface area (Å²) in [5.41, 5.74) is 5.78. The van der Waals surface area contributed by atoms with Gasteiger partial charge in [0, 0.05) is 35.1 Å². The number of aromatic nitrogens is 2. The Labute approximate surface area is 163 Å². The standard InChI is InChI=1S/C23H21N3O2/c1-15-6-3-4-9-20(15)16-10-21-17(14-25-23(21)24-13-16)11-22(27)26-18-7-5-8-19(12-18)28-2/h3-10,12-14H,11H2,1-2H3,(H,24,25)(H,26,27). The summed E-state index contributed by atoms with van der Waals surface area (Å²) in [7, 11) is 1.60. The van der Waals surface area contributed by atoms with Crippen LogP contribution in [0, 0.1) is 6.92 Å². The highest BCUT2D eigenvalue weighted by molar-refractivity contribution is 5.96. The summed E-state index contributed by atoms with van der Waals surface area (Å²) in [4.78, 5) is 20.2. The summed E-state index contributed by atoms with van der Waals surface area (Å²) in [6.45, 7) is 2.08. The third kappa shape index (κ3) is 3.60. The first-order chi connectivity index (χ1) is 13.6. The number of nitrogens with zero attached hydrogens (tertiary/aromatic N) is 1. The molecule has 0 saturated heterocycles. The molecule has 1 amide bonds. The Morgan fingerprint density at radius 2 is 2.00 bits per heavy atom. The molecule has 0 fully saturated rings. The van der Waals surface area contributed by atoms with E-state index < -0.39 is 0 Å². The number of carbonyl (C=O) groups is 1. The van der Waals surface area contributed by atoms with E-state index in [1.165, 1.54) is 5.56 Å². The second-order valence-electron chi connectivity index (χ2n) is 6.71.